The van der Waals surface area contributed by atoms with E-state index in [2.05, 4.69) is 4.98 Å². The Bertz CT molecular complexity index is 704. The minimum atomic E-state index is -0.161. The number of anilines is 1. The van der Waals surface area contributed by atoms with Crippen molar-refractivity contribution >= 4 is 35.0 Å². The fourth-order valence-corrected chi connectivity index (χ4v) is 3.75. The first-order chi connectivity index (χ1) is 10.6. The van der Waals surface area contributed by atoms with Gasteiger partial charge in [-0.25, -0.2) is 4.98 Å². The number of carbonyl (C=O) groups excluding carboxylic acids is 1. The van der Waals surface area contributed by atoms with Crippen LogP contribution in [0.5, 0.6) is 0 Å². The second kappa shape index (κ2) is 6.32. The van der Waals surface area contributed by atoms with Crippen molar-refractivity contribution in [2.45, 2.75) is 23.4 Å². The number of hydrogen-bond donors (Lipinski definition) is 1. The predicted octanol–water partition coefficient (Wildman–Crippen LogP) is 2.46. The molecule has 5 nitrogen and oxygen atoms in total. The highest BCUT2D eigenvalue weighted by molar-refractivity contribution is 8.00. The van der Waals surface area contributed by atoms with Gasteiger partial charge in [-0.15, -0.1) is 0 Å². The maximum atomic E-state index is 12.6. The number of nitrogens with zero attached hydrogens (tertiary/aromatic N) is 3. The van der Waals surface area contributed by atoms with Crippen LogP contribution in [0.25, 0.3) is 0 Å². The number of halogens is 1. The van der Waals surface area contributed by atoms with Crippen LogP contribution in [0, 0.1) is 0 Å². The summed E-state index contributed by atoms with van der Waals surface area (Å²) in [5, 5.41) is 10.4. The number of aromatic nitrogens is 2. The van der Waals surface area contributed by atoms with Gasteiger partial charge in [0.2, 0.25) is 5.91 Å². The Hall–Kier alpha value is -1.50. The van der Waals surface area contributed by atoms with Gasteiger partial charge in [0.05, 0.1) is 23.7 Å². The quantitative estimate of drug-likeness (QED) is 0.931. The van der Waals surface area contributed by atoms with Crippen LogP contribution in [-0.2, 0) is 18.4 Å². The first kappa shape index (κ1) is 15.4. The van der Waals surface area contributed by atoms with Gasteiger partial charge >= 0.3 is 0 Å². The molecule has 1 saturated heterocycles. The van der Waals surface area contributed by atoms with E-state index in [4.69, 9.17) is 11.6 Å². The van der Waals surface area contributed by atoms with E-state index < -0.39 is 0 Å². The van der Waals surface area contributed by atoms with Crippen molar-refractivity contribution in [3.8, 4) is 0 Å². The van der Waals surface area contributed by atoms with E-state index in [1.54, 1.807) is 23.2 Å². The molecule has 0 spiro atoms. The minimum Gasteiger partial charge on any atom is -0.390 e. The van der Waals surface area contributed by atoms with Gasteiger partial charge in [-0.1, -0.05) is 29.4 Å². The van der Waals surface area contributed by atoms with E-state index in [9.17, 15) is 9.90 Å². The van der Waals surface area contributed by atoms with Gasteiger partial charge in [-0.05, 0) is 24.6 Å². The van der Waals surface area contributed by atoms with Gasteiger partial charge in [0.25, 0.3) is 0 Å². The van der Waals surface area contributed by atoms with E-state index in [0.29, 0.717) is 11.6 Å². The summed E-state index contributed by atoms with van der Waals surface area (Å²) in [5.74, 6) is 0.0702. The molecule has 1 N–H and O–H groups in total. The van der Waals surface area contributed by atoms with Crippen LogP contribution in [0.4, 0.5) is 5.69 Å². The summed E-state index contributed by atoms with van der Waals surface area (Å²) >= 11 is 7.44. The first-order valence-electron chi connectivity index (χ1n) is 6.95. The molecule has 0 radical (unpaired) electrons. The van der Waals surface area contributed by atoms with Crippen molar-refractivity contribution in [2.24, 2.45) is 7.05 Å². The largest absolute Gasteiger partial charge is 0.390 e. The van der Waals surface area contributed by atoms with Crippen molar-refractivity contribution in [3.05, 3.63) is 41.2 Å². The zero-order chi connectivity index (χ0) is 15.7. The molecule has 22 heavy (non-hydrogen) atoms. The van der Waals surface area contributed by atoms with Gasteiger partial charge < -0.3 is 14.6 Å². The standard InChI is InChI=1S/C15H16ClN3O2S/c1-18-12(9-20)8-17-15(18)22-13-5-6-19(14(13)21)11-4-2-3-10(16)7-11/h2-4,7-8,13,20H,5-6,9H2,1H3/t13-/m0/s1. The average molecular weight is 338 g/mol. The number of aliphatic hydroxyl groups excluding tert-OH is 1. The second-order valence-corrected chi connectivity index (χ2v) is 6.72. The third kappa shape index (κ3) is 2.86. The van der Waals surface area contributed by atoms with Crippen molar-refractivity contribution in [3.63, 3.8) is 0 Å². The average Bonchev–Trinajstić information content (AvgIpc) is 3.04. The van der Waals surface area contributed by atoms with Crippen LogP contribution >= 0.6 is 23.4 Å². The predicted molar refractivity (Wildman–Crippen MR) is 87.2 cm³/mol. The summed E-state index contributed by atoms with van der Waals surface area (Å²) in [4.78, 5) is 18.6. The number of hydrogen-bond acceptors (Lipinski definition) is 4. The number of imidazole rings is 1. The maximum absolute atomic E-state index is 12.6. The summed E-state index contributed by atoms with van der Waals surface area (Å²) < 4.78 is 1.82. The highest BCUT2D eigenvalue weighted by atomic mass is 35.5. The SMILES string of the molecule is Cn1c(CO)cnc1S[C@H]1CCN(c2cccc(Cl)c2)C1=O. The molecule has 0 aliphatic carbocycles. The lowest BCUT2D eigenvalue weighted by atomic mass is 10.3. The number of rotatable bonds is 4. The topological polar surface area (TPSA) is 58.4 Å². The molecule has 1 aliphatic rings. The highest BCUT2D eigenvalue weighted by Crippen LogP contribution is 2.33. The number of benzene rings is 1. The molecule has 1 atom stereocenters. The fraction of sp³-hybridized carbons (Fsp3) is 0.333. The molecule has 1 aromatic heterocycles. The normalized spacial score (nSPS) is 18.2. The second-order valence-electron chi connectivity index (χ2n) is 5.11. The summed E-state index contributed by atoms with van der Waals surface area (Å²) in [6.45, 7) is 0.617. The lowest BCUT2D eigenvalue weighted by molar-refractivity contribution is -0.116. The molecule has 0 saturated carbocycles. The molecule has 1 aromatic carbocycles. The molecule has 1 aliphatic heterocycles. The van der Waals surface area contributed by atoms with Crippen molar-refractivity contribution in [1.29, 1.82) is 0 Å². The van der Waals surface area contributed by atoms with E-state index >= 15 is 0 Å². The third-order valence-electron chi connectivity index (χ3n) is 3.73. The van der Waals surface area contributed by atoms with Crippen molar-refractivity contribution in [2.75, 3.05) is 11.4 Å². The minimum absolute atomic E-state index is 0.0582. The summed E-state index contributed by atoms with van der Waals surface area (Å²) in [7, 11) is 1.84. The number of carbonyl (C=O) groups is 1. The van der Waals surface area contributed by atoms with Gasteiger partial charge in [0.1, 0.15) is 0 Å². The van der Waals surface area contributed by atoms with Crippen LogP contribution in [0.15, 0.2) is 35.6 Å². The van der Waals surface area contributed by atoms with Gasteiger partial charge in [0, 0.05) is 24.3 Å². The monoisotopic (exact) mass is 337 g/mol. The van der Waals surface area contributed by atoms with Crippen LogP contribution in [0.3, 0.4) is 0 Å². The molecule has 2 heterocycles. The molecular weight excluding hydrogens is 322 g/mol. The number of thioether (sulfide) groups is 1. The van der Waals surface area contributed by atoms with E-state index in [-0.39, 0.29) is 17.8 Å². The van der Waals surface area contributed by atoms with Gasteiger partial charge in [-0.3, -0.25) is 4.79 Å². The first-order valence-corrected chi connectivity index (χ1v) is 8.21. The Morgan fingerprint density at radius 3 is 3.00 bits per heavy atom. The molecule has 1 fully saturated rings. The summed E-state index contributed by atoms with van der Waals surface area (Å²) in [6, 6.07) is 7.33. The Labute approximate surface area is 137 Å². The Balaban J connectivity index is 1.75. The molecule has 3 rings (SSSR count). The molecule has 2 aromatic rings. The third-order valence-corrected chi connectivity index (χ3v) is 5.27. The molecule has 0 bridgehead atoms. The van der Waals surface area contributed by atoms with Gasteiger partial charge in [0.15, 0.2) is 5.16 Å². The highest BCUT2D eigenvalue weighted by Gasteiger charge is 2.34. The number of aliphatic hydroxyl groups is 1. The Morgan fingerprint density at radius 2 is 2.32 bits per heavy atom. The molecular formula is C15H16ClN3O2S. The Morgan fingerprint density at radius 1 is 1.50 bits per heavy atom. The lowest BCUT2D eigenvalue weighted by Gasteiger charge is -2.16. The van der Waals surface area contributed by atoms with Crippen LogP contribution < -0.4 is 4.90 Å². The fourth-order valence-electron chi connectivity index (χ4n) is 2.47. The zero-order valence-corrected chi connectivity index (χ0v) is 13.6. The van der Waals surface area contributed by atoms with E-state index in [0.717, 1.165) is 23.0 Å². The zero-order valence-electron chi connectivity index (χ0n) is 12.1. The summed E-state index contributed by atoms with van der Waals surface area (Å²) in [6.07, 6.45) is 2.40. The van der Waals surface area contributed by atoms with Crippen LogP contribution in [0.1, 0.15) is 12.1 Å². The van der Waals surface area contributed by atoms with Crippen LogP contribution in [-0.4, -0.2) is 32.4 Å². The van der Waals surface area contributed by atoms with Crippen molar-refractivity contribution < 1.29 is 9.90 Å². The Kier molecular flexibility index (Phi) is 4.42. The molecule has 1 amide bonds. The van der Waals surface area contributed by atoms with Crippen LogP contribution in [0.2, 0.25) is 5.02 Å². The summed E-state index contributed by atoms with van der Waals surface area (Å²) in [5.41, 5.74) is 1.57. The molecule has 0 unspecified atom stereocenters. The lowest BCUT2D eigenvalue weighted by Crippen LogP contribution is -2.28. The maximum Gasteiger partial charge on any atom is 0.240 e. The van der Waals surface area contributed by atoms with E-state index in [1.807, 2.05) is 23.7 Å². The van der Waals surface area contributed by atoms with Gasteiger partial charge in [-0.2, -0.15) is 0 Å². The molecule has 116 valence electrons. The molecule has 7 heteroatoms. The number of amides is 1. The van der Waals surface area contributed by atoms with Crippen molar-refractivity contribution in [1.82, 2.24) is 9.55 Å². The smallest absolute Gasteiger partial charge is 0.240 e. The van der Waals surface area contributed by atoms with E-state index in [1.165, 1.54) is 11.8 Å².